The Morgan fingerprint density at radius 2 is 0.439 bits per heavy atom. The van der Waals surface area contributed by atoms with E-state index in [0.717, 1.165) is 0 Å². The van der Waals surface area contributed by atoms with E-state index in [0.29, 0.717) is 0 Å². The van der Waals surface area contributed by atoms with E-state index in [4.69, 9.17) is 0 Å². The molecule has 12 aromatic rings. The van der Waals surface area contributed by atoms with Gasteiger partial charge in [0.25, 0.3) is 0 Å². The third-order valence-electron chi connectivity index (χ3n) is 14.3. The van der Waals surface area contributed by atoms with Gasteiger partial charge in [-0.25, -0.2) is 0 Å². The first-order chi connectivity index (χ1) is 32.8. The largest absolute Gasteiger partial charge is 0.0622 e. The van der Waals surface area contributed by atoms with Crippen molar-refractivity contribution >= 4 is 55.2 Å². The monoisotopic (exact) mass is 832 g/mol. The molecule has 0 heterocycles. The fraction of sp³-hybridized carbons (Fsp3) is 0. The van der Waals surface area contributed by atoms with Crippen LogP contribution in [-0.4, -0.2) is 0 Å². The van der Waals surface area contributed by atoms with Crippen LogP contribution in [0.4, 0.5) is 0 Å². The maximum atomic E-state index is 2.39. The van der Waals surface area contributed by atoms with E-state index < -0.39 is 0 Å². The molecule has 66 heavy (non-hydrogen) atoms. The normalized spacial score (nSPS) is 12.2. The molecule has 0 bridgehead atoms. The molecular weight excluding hydrogens is 793 g/mol. The van der Waals surface area contributed by atoms with Gasteiger partial charge in [-0.2, -0.15) is 0 Å². The third kappa shape index (κ3) is 5.27. The summed E-state index contributed by atoms with van der Waals surface area (Å²) in [5.41, 5.74) is 23.1. The highest BCUT2D eigenvalue weighted by Gasteiger charge is 2.33. The molecule has 14 rings (SSSR count). The lowest BCUT2D eigenvalue weighted by molar-refractivity contribution is 1.62. The van der Waals surface area contributed by atoms with Gasteiger partial charge in [-0.05, 0) is 143 Å². The van der Waals surface area contributed by atoms with Gasteiger partial charge in [0.15, 0.2) is 0 Å². The van der Waals surface area contributed by atoms with Crippen LogP contribution < -0.4 is 0 Å². The van der Waals surface area contributed by atoms with Crippen molar-refractivity contribution in [3.8, 4) is 89.0 Å². The smallest absolute Gasteiger partial charge is 0.000741 e. The van der Waals surface area contributed by atoms with Gasteiger partial charge in [-0.1, -0.05) is 243 Å². The molecule has 0 unspecified atom stereocenters. The molecule has 0 heteroatoms. The van der Waals surface area contributed by atoms with Crippen LogP contribution in [0.25, 0.3) is 144 Å². The minimum absolute atomic E-state index is 1.21. The van der Waals surface area contributed by atoms with E-state index in [1.54, 1.807) is 0 Å². The Hall–Kier alpha value is -8.58. The first kappa shape index (κ1) is 36.9. The average Bonchev–Trinajstić information content (AvgIpc) is 3.90. The Morgan fingerprint density at radius 1 is 0.182 bits per heavy atom. The van der Waals surface area contributed by atoms with Crippen LogP contribution >= 0.6 is 0 Å². The minimum Gasteiger partial charge on any atom is -0.0622 e. The summed E-state index contributed by atoms with van der Waals surface area (Å²) < 4.78 is 0. The zero-order valence-electron chi connectivity index (χ0n) is 36.1. The molecule has 0 aromatic heterocycles. The predicted octanol–water partition coefficient (Wildman–Crippen LogP) is 18.4. The molecular formula is C66H40. The van der Waals surface area contributed by atoms with Crippen LogP contribution in [0.3, 0.4) is 0 Å². The Labute approximate surface area is 384 Å². The van der Waals surface area contributed by atoms with Gasteiger partial charge in [0.2, 0.25) is 0 Å². The number of benzene rings is 12. The number of rotatable bonds is 6. The van der Waals surface area contributed by atoms with Crippen molar-refractivity contribution in [2.75, 3.05) is 0 Å². The standard InChI is InChI=1S/C66H40/c1-5-19-43(20-6-1)57-49-27-13-15-29-51(49)59(45-23-9-3-10-24-45)65-55-39-37-41(47-31-17-33-53(61(47)55)63(57)65)35-36-42-38-40-56-62-48(42)32-18-34-54(62)64-58(44-21-7-2-8-22-44)50-28-14-16-30-52(50)60(66(56)64)46-25-11-4-12-26-46/h1-40H/b36-35+. The quantitative estimate of drug-likeness (QED) is 0.146. The van der Waals surface area contributed by atoms with Crippen molar-refractivity contribution < 1.29 is 0 Å². The fourth-order valence-electron chi connectivity index (χ4n) is 11.7. The lowest BCUT2D eigenvalue weighted by Gasteiger charge is -2.20. The van der Waals surface area contributed by atoms with Crippen molar-refractivity contribution in [2.45, 2.75) is 0 Å². The molecule has 2 aliphatic rings. The van der Waals surface area contributed by atoms with Gasteiger partial charge in [0, 0.05) is 0 Å². The first-order valence-electron chi connectivity index (χ1n) is 23.0. The Bertz CT molecular complexity index is 3540. The molecule has 0 amide bonds. The van der Waals surface area contributed by atoms with E-state index >= 15 is 0 Å². The highest BCUT2D eigenvalue weighted by molar-refractivity contribution is 6.30. The van der Waals surface area contributed by atoms with Gasteiger partial charge >= 0.3 is 0 Å². The van der Waals surface area contributed by atoms with Crippen molar-refractivity contribution in [1.82, 2.24) is 0 Å². The number of hydrogen-bond donors (Lipinski definition) is 0. The Morgan fingerprint density at radius 3 is 0.742 bits per heavy atom. The highest BCUT2D eigenvalue weighted by atomic mass is 14.3. The Kier molecular flexibility index (Phi) is 8.08. The molecule has 0 atom stereocenters. The zero-order chi connectivity index (χ0) is 43.3. The second kappa shape index (κ2) is 14.5. The lowest BCUT2D eigenvalue weighted by Crippen LogP contribution is -1.93. The van der Waals surface area contributed by atoms with Crippen molar-refractivity contribution in [3.05, 3.63) is 242 Å². The van der Waals surface area contributed by atoms with Gasteiger partial charge in [-0.3, -0.25) is 0 Å². The second-order valence-electron chi connectivity index (χ2n) is 17.7. The van der Waals surface area contributed by atoms with Crippen LogP contribution in [0, 0.1) is 0 Å². The van der Waals surface area contributed by atoms with Crippen LogP contribution in [-0.2, 0) is 0 Å². The summed E-state index contributed by atoms with van der Waals surface area (Å²) in [4.78, 5) is 0. The summed E-state index contributed by atoms with van der Waals surface area (Å²) in [7, 11) is 0. The van der Waals surface area contributed by atoms with Gasteiger partial charge in [-0.15, -0.1) is 0 Å². The van der Waals surface area contributed by atoms with Gasteiger partial charge < -0.3 is 0 Å². The molecule has 2 aliphatic carbocycles. The SMILES string of the molecule is C(=C\c1ccc2c3c(cccc13)-c1c-2c(-c2ccccc2)c2ccccc2c1-c1ccccc1)/c1ccc2c3c(cccc13)-c1c-2c(-c2ccccc2)c2ccccc2c1-c1ccccc1. The summed E-state index contributed by atoms with van der Waals surface area (Å²) in [5.74, 6) is 0. The predicted molar refractivity (Wildman–Crippen MR) is 282 cm³/mol. The molecule has 0 nitrogen and oxygen atoms in total. The van der Waals surface area contributed by atoms with E-state index in [1.807, 2.05) is 0 Å². The maximum absolute atomic E-state index is 2.39. The molecule has 0 saturated heterocycles. The van der Waals surface area contributed by atoms with Crippen LogP contribution in [0.2, 0.25) is 0 Å². The maximum Gasteiger partial charge on any atom is -0.000741 e. The fourth-order valence-corrected chi connectivity index (χ4v) is 11.7. The van der Waals surface area contributed by atoms with Gasteiger partial charge in [0.05, 0.1) is 0 Å². The van der Waals surface area contributed by atoms with E-state index in [9.17, 15) is 0 Å². The van der Waals surface area contributed by atoms with E-state index in [-0.39, 0.29) is 0 Å². The molecule has 304 valence electrons. The summed E-state index contributed by atoms with van der Waals surface area (Å²) >= 11 is 0. The molecule has 0 fully saturated rings. The molecule has 0 radical (unpaired) electrons. The average molecular weight is 833 g/mol. The molecule has 0 saturated carbocycles. The third-order valence-corrected chi connectivity index (χ3v) is 14.3. The summed E-state index contributed by atoms with van der Waals surface area (Å²) in [6.07, 6.45) is 4.70. The second-order valence-corrected chi connectivity index (χ2v) is 17.7. The van der Waals surface area contributed by atoms with Crippen LogP contribution in [0.15, 0.2) is 231 Å². The lowest BCUT2D eigenvalue weighted by atomic mass is 9.82. The van der Waals surface area contributed by atoms with Crippen molar-refractivity contribution in [3.63, 3.8) is 0 Å². The van der Waals surface area contributed by atoms with E-state index in [1.165, 1.54) is 143 Å². The van der Waals surface area contributed by atoms with Crippen LogP contribution in [0.1, 0.15) is 11.1 Å². The van der Waals surface area contributed by atoms with Crippen LogP contribution in [0.5, 0.6) is 0 Å². The molecule has 0 aliphatic heterocycles. The van der Waals surface area contributed by atoms with Crippen molar-refractivity contribution in [2.24, 2.45) is 0 Å². The summed E-state index contributed by atoms with van der Waals surface area (Å²) in [6.45, 7) is 0. The first-order valence-corrected chi connectivity index (χ1v) is 23.0. The number of hydrogen-bond acceptors (Lipinski definition) is 0. The zero-order valence-corrected chi connectivity index (χ0v) is 36.1. The summed E-state index contributed by atoms with van der Waals surface area (Å²) in [6, 6.07) is 85.3. The molecule has 0 N–H and O–H groups in total. The minimum atomic E-state index is 1.21. The number of fused-ring (bicyclic) bond motifs is 8. The highest BCUT2D eigenvalue weighted by Crippen LogP contribution is 2.60. The Balaban J connectivity index is 0.978. The summed E-state index contributed by atoms with van der Waals surface area (Å²) in [5, 5.41) is 10.3. The topological polar surface area (TPSA) is 0 Å². The van der Waals surface area contributed by atoms with E-state index in [2.05, 4.69) is 243 Å². The molecule has 0 spiro atoms. The molecule has 12 aromatic carbocycles. The van der Waals surface area contributed by atoms with Crippen molar-refractivity contribution in [1.29, 1.82) is 0 Å². The van der Waals surface area contributed by atoms with Gasteiger partial charge in [0.1, 0.15) is 0 Å².